The fraction of sp³-hybridized carbons (Fsp3) is 0.787. The van der Waals surface area contributed by atoms with E-state index >= 15 is 0 Å². The van der Waals surface area contributed by atoms with Gasteiger partial charge in [-0.1, -0.05) is 140 Å². The van der Waals surface area contributed by atoms with Gasteiger partial charge in [0, 0.05) is 12.8 Å². The molecule has 0 amide bonds. The Kier molecular flexibility index (Phi) is 36.5. The van der Waals surface area contributed by atoms with Crippen LogP contribution in [0.4, 0.5) is 0 Å². The largest absolute Gasteiger partial charge is 0.472 e. The molecule has 0 aromatic heterocycles. The van der Waals surface area contributed by atoms with Gasteiger partial charge in [-0.05, 0) is 77.0 Å². The Labute approximate surface area is 410 Å². The van der Waals surface area contributed by atoms with Crippen LogP contribution in [-0.4, -0.2) is 108 Å². The molecule has 1 rings (SSSR count). The van der Waals surface area contributed by atoms with Crippen LogP contribution in [0.5, 0.6) is 0 Å². The van der Waals surface area contributed by atoms with Crippen molar-refractivity contribution < 1.29 is 90.6 Å². The Balaban J connectivity index is 2.73. The third-order valence-electron chi connectivity index (χ3n) is 11.1. The lowest BCUT2D eigenvalue weighted by Gasteiger charge is -2.44. The third kappa shape index (κ3) is 35.0. The van der Waals surface area contributed by atoms with Crippen LogP contribution >= 0.6 is 23.5 Å². The first kappa shape index (κ1) is 65.1. The van der Waals surface area contributed by atoms with Crippen LogP contribution in [0, 0.1) is 0 Å². The van der Waals surface area contributed by atoms with Gasteiger partial charge in [0.15, 0.2) is 6.10 Å². The van der Waals surface area contributed by atoms with Gasteiger partial charge in [-0.2, -0.15) is 0 Å². The average Bonchev–Trinajstić information content (AvgIpc) is 3.28. The number of ether oxygens (including phenoxy) is 2. The van der Waals surface area contributed by atoms with Crippen molar-refractivity contribution in [2.75, 3.05) is 13.2 Å². The van der Waals surface area contributed by atoms with Crippen molar-refractivity contribution in [3.8, 4) is 0 Å². The lowest BCUT2D eigenvalue weighted by Crippen LogP contribution is -2.65. The van der Waals surface area contributed by atoms with Crippen molar-refractivity contribution in [3.63, 3.8) is 0 Å². The molecule has 0 saturated heterocycles. The second-order valence-electron chi connectivity index (χ2n) is 17.4. The smallest absolute Gasteiger partial charge is 0.462 e. The zero-order valence-corrected chi connectivity index (χ0v) is 43.6. The average molecular weight is 1050 g/mol. The maximum Gasteiger partial charge on any atom is 0.472 e. The van der Waals surface area contributed by atoms with Gasteiger partial charge in [0.05, 0.1) is 6.61 Å². The number of hydrogen-bond acceptors (Lipinski definition) is 14. The number of hydrogen-bond donors (Lipinski definition) is 8. The van der Waals surface area contributed by atoms with Gasteiger partial charge < -0.3 is 49.3 Å². The highest BCUT2D eigenvalue weighted by molar-refractivity contribution is 7.47. The maximum atomic E-state index is 13.1. The van der Waals surface area contributed by atoms with Crippen LogP contribution in [-0.2, 0) is 50.9 Å². The molecule has 8 atom stereocenters. The van der Waals surface area contributed by atoms with Gasteiger partial charge in [-0.25, -0.2) is 13.7 Å². The van der Waals surface area contributed by atoms with Gasteiger partial charge in [-0.15, -0.1) is 0 Å². The Hall–Kier alpha value is -1.89. The van der Waals surface area contributed by atoms with Gasteiger partial charge in [0.2, 0.25) is 0 Å². The van der Waals surface area contributed by atoms with Crippen molar-refractivity contribution in [2.45, 2.75) is 224 Å². The van der Waals surface area contributed by atoms with Crippen molar-refractivity contribution in [3.05, 3.63) is 48.6 Å². The van der Waals surface area contributed by atoms with E-state index in [1.165, 1.54) is 57.8 Å². The van der Waals surface area contributed by atoms with Crippen LogP contribution in [0.15, 0.2) is 48.6 Å². The number of esters is 2. The van der Waals surface area contributed by atoms with E-state index in [0.717, 1.165) is 83.5 Å². The van der Waals surface area contributed by atoms with E-state index in [9.17, 15) is 63.1 Å². The fourth-order valence-electron chi connectivity index (χ4n) is 7.35. The third-order valence-corrected chi connectivity index (χ3v) is 13.1. The molecule has 8 N–H and O–H groups in total. The monoisotopic (exact) mass is 1050 g/mol. The first-order valence-electron chi connectivity index (χ1n) is 24.9. The molecule has 0 heterocycles. The van der Waals surface area contributed by atoms with E-state index in [1.807, 2.05) is 0 Å². The molecule has 0 aromatic rings. The van der Waals surface area contributed by atoms with E-state index in [4.69, 9.17) is 18.5 Å². The molecule has 1 aliphatic carbocycles. The van der Waals surface area contributed by atoms with Crippen molar-refractivity contribution in [2.24, 2.45) is 0 Å². The second kappa shape index (κ2) is 38.7. The molecular formula is C47H85O19P3. The SMILES string of the molecule is CCCCCC=CCC=CCC=CCCCCCCC(=O)OCC(COP(=O)(O)OC1C(O)C(O)C(OP(=O)(O)O)C(OP(=O)(O)O)C1O)OC(=O)CCCCCCCC=CCCCCCCCC. The minimum absolute atomic E-state index is 0.0181. The summed E-state index contributed by atoms with van der Waals surface area (Å²) in [5.41, 5.74) is 0. The number of carbonyl (C=O) groups is 2. The molecule has 19 nitrogen and oxygen atoms in total. The molecule has 1 saturated carbocycles. The highest BCUT2D eigenvalue weighted by Crippen LogP contribution is 2.51. The van der Waals surface area contributed by atoms with E-state index in [1.54, 1.807) is 0 Å². The molecule has 1 fully saturated rings. The summed E-state index contributed by atoms with van der Waals surface area (Å²) in [6.45, 7) is 2.89. The van der Waals surface area contributed by atoms with Crippen LogP contribution in [0.2, 0.25) is 0 Å². The minimum Gasteiger partial charge on any atom is -0.462 e. The van der Waals surface area contributed by atoms with Gasteiger partial charge in [0.1, 0.15) is 43.2 Å². The van der Waals surface area contributed by atoms with Gasteiger partial charge >= 0.3 is 35.4 Å². The van der Waals surface area contributed by atoms with E-state index < -0.39 is 91.3 Å². The van der Waals surface area contributed by atoms with E-state index in [2.05, 4.69) is 71.5 Å². The number of aliphatic hydroxyl groups excluding tert-OH is 3. The summed E-state index contributed by atoms with van der Waals surface area (Å²) in [5.74, 6) is -1.33. The van der Waals surface area contributed by atoms with Crippen molar-refractivity contribution in [1.29, 1.82) is 0 Å². The zero-order chi connectivity index (χ0) is 51.4. The molecule has 0 bridgehead atoms. The number of phosphoric ester groups is 3. The highest BCUT2D eigenvalue weighted by atomic mass is 31.2. The van der Waals surface area contributed by atoms with E-state index in [0.29, 0.717) is 12.8 Å². The topological polar surface area (TPSA) is 303 Å². The standard InChI is InChI=1S/C47H85O19P3/c1-3-5-7-9-11-13-15-17-19-20-22-23-25-27-29-31-33-35-40(48)61-37-39(63-41(49)36-34-32-30-28-26-24-21-18-16-14-12-10-8-6-4-2)38-62-69(59,60)66-45-42(50)43(51)46(64-67(53,54)55)47(44(45)52)65-68(56,57)58/h11,13,17-19,21-23,39,42-47,50-52H,3-10,12,14-16,20,24-38H2,1-2H3,(H,59,60)(H2,53,54,55)(H2,56,57,58). The lowest BCUT2D eigenvalue weighted by atomic mass is 9.85. The van der Waals surface area contributed by atoms with Gasteiger partial charge in [0.25, 0.3) is 0 Å². The Morgan fingerprint density at radius 3 is 1.33 bits per heavy atom. The number of carbonyl (C=O) groups excluding carboxylic acids is 2. The summed E-state index contributed by atoms with van der Waals surface area (Å²) in [7, 11) is -16.6. The molecule has 69 heavy (non-hydrogen) atoms. The lowest BCUT2D eigenvalue weighted by molar-refractivity contribution is -0.213. The first-order chi connectivity index (χ1) is 32.8. The molecule has 0 aliphatic heterocycles. The second-order valence-corrected chi connectivity index (χ2v) is 21.2. The number of allylic oxidation sites excluding steroid dienone is 8. The van der Waals surface area contributed by atoms with Crippen LogP contribution < -0.4 is 0 Å². The predicted molar refractivity (Wildman–Crippen MR) is 261 cm³/mol. The minimum atomic E-state index is -5.61. The van der Waals surface area contributed by atoms with E-state index in [-0.39, 0.29) is 12.8 Å². The molecule has 22 heteroatoms. The van der Waals surface area contributed by atoms with Crippen molar-refractivity contribution in [1.82, 2.24) is 0 Å². The molecule has 402 valence electrons. The number of aliphatic hydroxyl groups is 3. The molecular weight excluding hydrogens is 961 g/mol. The predicted octanol–water partition coefficient (Wildman–Crippen LogP) is 9.40. The van der Waals surface area contributed by atoms with Crippen LogP contribution in [0.1, 0.15) is 181 Å². The number of rotatable bonds is 42. The quantitative estimate of drug-likeness (QED) is 0.0122. The zero-order valence-electron chi connectivity index (χ0n) is 40.9. The summed E-state index contributed by atoms with van der Waals surface area (Å²) in [4.78, 5) is 73.3. The fourth-order valence-corrected chi connectivity index (χ4v) is 9.44. The van der Waals surface area contributed by atoms with Crippen LogP contribution in [0.3, 0.4) is 0 Å². The summed E-state index contributed by atoms with van der Waals surface area (Å²) < 4.78 is 65.5. The van der Waals surface area contributed by atoms with Crippen LogP contribution in [0.25, 0.3) is 0 Å². The normalized spacial score (nSPS) is 21.7. The summed E-state index contributed by atoms with van der Waals surface area (Å²) in [6, 6.07) is 0. The number of unbranched alkanes of at least 4 members (excludes halogenated alkanes) is 18. The summed E-state index contributed by atoms with van der Waals surface area (Å²) >= 11 is 0. The molecule has 0 radical (unpaired) electrons. The molecule has 1 aliphatic rings. The summed E-state index contributed by atoms with van der Waals surface area (Å²) in [6.07, 6.45) is 25.5. The Morgan fingerprint density at radius 2 is 0.841 bits per heavy atom. The first-order valence-corrected chi connectivity index (χ1v) is 29.5. The maximum absolute atomic E-state index is 13.1. The Bertz CT molecular complexity index is 1630. The number of phosphoric acid groups is 3. The molecule has 0 spiro atoms. The molecule has 0 aromatic carbocycles. The van der Waals surface area contributed by atoms with Gasteiger partial charge in [-0.3, -0.25) is 27.7 Å². The summed E-state index contributed by atoms with van der Waals surface area (Å²) in [5, 5.41) is 31.9. The highest BCUT2D eigenvalue weighted by Gasteiger charge is 2.56. The Morgan fingerprint density at radius 1 is 0.464 bits per heavy atom. The molecule has 8 unspecified atom stereocenters. The van der Waals surface area contributed by atoms with Crippen molar-refractivity contribution >= 4 is 35.4 Å².